The molecule has 0 aliphatic carbocycles. The minimum absolute atomic E-state index is 0.0282. The van der Waals surface area contributed by atoms with Gasteiger partial charge in [0.1, 0.15) is 23.0 Å². The first kappa shape index (κ1) is 23.3. The Bertz CT molecular complexity index is 958. The van der Waals surface area contributed by atoms with Crippen LogP contribution in [0.1, 0.15) is 33.6 Å². The van der Waals surface area contributed by atoms with Crippen molar-refractivity contribution in [1.29, 1.82) is 0 Å². The number of halogens is 3. The first-order chi connectivity index (χ1) is 13.8. The lowest BCUT2D eigenvalue weighted by Crippen LogP contribution is -2.37. The Morgan fingerprint density at radius 3 is 2.28 bits per heavy atom. The minimum Gasteiger partial charge on any atom is -0.376 e. The van der Waals surface area contributed by atoms with Crippen LogP contribution in [0, 0.1) is 17.6 Å². The lowest BCUT2D eigenvalue weighted by molar-refractivity contribution is 0.584. The average molecular weight is 514 g/mol. The topological polar surface area (TPSA) is 58.2 Å². The first-order valence-electron chi connectivity index (χ1n) is 9.58. The zero-order valence-corrected chi connectivity index (χ0v) is 18.8. The predicted octanol–water partition coefficient (Wildman–Crippen LogP) is 5.46. The summed E-state index contributed by atoms with van der Waals surface area (Å²) in [6, 6.07) is 2.87. The number of benzene rings is 1. The van der Waals surface area contributed by atoms with Crippen LogP contribution in [0.3, 0.4) is 0 Å². The van der Waals surface area contributed by atoms with Crippen LogP contribution in [0.2, 0.25) is 0 Å². The van der Waals surface area contributed by atoms with E-state index in [4.69, 9.17) is 0 Å². The number of alkyl halides is 1. The van der Waals surface area contributed by atoms with Crippen molar-refractivity contribution in [3.05, 3.63) is 74.1 Å². The van der Waals surface area contributed by atoms with Gasteiger partial charge in [0.2, 0.25) is 0 Å². The summed E-state index contributed by atoms with van der Waals surface area (Å²) in [4.78, 5) is 24.0. The lowest BCUT2D eigenvalue weighted by Gasteiger charge is -2.22. The fourth-order valence-electron chi connectivity index (χ4n) is 2.96. The van der Waals surface area contributed by atoms with Crippen LogP contribution in [-0.2, 0) is 0 Å². The first-order valence-corrected chi connectivity index (χ1v) is 10.8. The van der Waals surface area contributed by atoms with Gasteiger partial charge in [0, 0.05) is 22.2 Å². The third-order valence-corrected chi connectivity index (χ3v) is 6.09. The van der Waals surface area contributed by atoms with Crippen molar-refractivity contribution >= 4 is 39.7 Å². The molecule has 2 aromatic carbocycles. The van der Waals surface area contributed by atoms with Crippen molar-refractivity contribution in [3.63, 3.8) is 0 Å². The Balaban J connectivity index is 2.16. The van der Waals surface area contributed by atoms with E-state index in [2.05, 4.69) is 65.3 Å². The van der Waals surface area contributed by atoms with Gasteiger partial charge in [0.25, 0.3) is 10.9 Å². The second-order valence-corrected chi connectivity index (χ2v) is 8.24. The smallest absolute Gasteiger partial charge is 0.253 e. The van der Waals surface area contributed by atoms with Gasteiger partial charge in [0.15, 0.2) is 0 Å². The maximum absolute atomic E-state index is 13.4. The summed E-state index contributed by atoms with van der Waals surface area (Å²) in [5.41, 5.74) is 0.0351. The minimum atomic E-state index is -0.768. The van der Waals surface area contributed by atoms with Gasteiger partial charge in [-0.1, -0.05) is 67.2 Å². The summed E-state index contributed by atoms with van der Waals surface area (Å²) in [5, 5.41) is 5.70. The Kier molecular flexibility index (Phi) is 8.55. The molecule has 0 fully saturated rings. The molecule has 2 atom stereocenters. The van der Waals surface area contributed by atoms with Crippen LogP contribution < -0.4 is 21.5 Å². The average Bonchev–Trinajstić information content (AvgIpc) is 2.68. The quantitative estimate of drug-likeness (QED) is 0.192. The normalized spacial score (nSPS) is 14.3. The van der Waals surface area contributed by atoms with E-state index >= 15 is 0 Å². The fraction of sp³-hybridized carbons (Fsp3) is 0.364. The molecular formula is C22H25F2IN2O2. The van der Waals surface area contributed by atoms with Gasteiger partial charge in [-0.15, -0.1) is 0 Å². The molecule has 0 aromatic heterocycles. The second kappa shape index (κ2) is 10.7. The molecule has 2 rings (SSSR count). The molecule has 0 spiro atoms. The number of rotatable bonds is 10. The summed E-state index contributed by atoms with van der Waals surface area (Å²) < 4.78 is 27.1. The molecule has 2 N–H and O–H groups in total. The van der Waals surface area contributed by atoms with Crippen molar-refractivity contribution in [2.75, 3.05) is 17.2 Å². The van der Waals surface area contributed by atoms with Gasteiger partial charge in [-0.05, 0) is 30.9 Å². The SMILES string of the molecule is CC/C=C\[C@H](I)[C@@H](C)/C(=C\CC)CNc1c(Nc2cc(F)cc(F)c2)c(=O)c1=O. The van der Waals surface area contributed by atoms with Gasteiger partial charge in [0.05, 0.1) is 0 Å². The Hall–Kier alpha value is -2.03. The molecule has 156 valence electrons. The molecule has 4 nitrogen and oxygen atoms in total. The zero-order valence-electron chi connectivity index (χ0n) is 16.7. The van der Waals surface area contributed by atoms with Crippen molar-refractivity contribution < 1.29 is 8.78 Å². The van der Waals surface area contributed by atoms with Crippen LogP contribution in [-0.4, -0.2) is 10.5 Å². The molecule has 0 radical (unpaired) electrons. The predicted molar refractivity (Wildman–Crippen MR) is 124 cm³/mol. The molecule has 2 aromatic rings. The van der Waals surface area contributed by atoms with Crippen molar-refractivity contribution in [2.24, 2.45) is 5.92 Å². The maximum Gasteiger partial charge on any atom is 0.253 e. The number of nitrogens with one attached hydrogen (secondary N) is 2. The van der Waals surface area contributed by atoms with Crippen LogP contribution in [0.25, 0.3) is 0 Å². The molecule has 0 bridgehead atoms. The van der Waals surface area contributed by atoms with E-state index in [9.17, 15) is 18.4 Å². The molecule has 0 heterocycles. The molecular weight excluding hydrogens is 489 g/mol. The largest absolute Gasteiger partial charge is 0.376 e. The molecule has 0 aliphatic rings. The highest BCUT2D eigenvalue weighted by Crippen LogP contribution is 2.26. The highest BCUT2D eigenvalue weighted by Gasteiger charge is 2.23. The lowest BCUT2D eigenvalue weighted by atomic mass is 9.95. The number of hydrogen-bond donors (Lipinski definition) is 2. The maximum atomic E-state index is 13.4. The third-order valence-electron chi connectivity index (χ3n) is 4.60. The second-order valence-electron chi connectivity index (χ2n) is 6.80. The van der Waals surface area contributed by atoms with E-state index in [1.54, 1.807) is 0 Å². The van der Waals surface area contributed by atoms with E-state index in [0.29, 0.717) is 10.5 Å². The summed E-state index contributed by atoms with van der Waals surface area (Å²) >= 11 is 2.39. The Labute approximate surface area is 182 Å². The zero-order chi connectivity index (χ0) is 21.6. The van der Waals surface area contributed by atoms with Gasteiger partial charge in [-0.2, -0.15) is 0 Å². The summed E-state index contributed by atoms with van der Waals surface area (Å²) in [7, 11) is 0. The number of anilines is 3. The molecule has 29 heavy (non-hydrogen) atoms. The monoisotopic (exact) mass is 514 g/mol. The van der Waals surface area contributed by atoms with Gasteiger partial charge < -0.3 is 10.6 Å². The Morgan fingerprint density at radius 2 is 1.69 bits per heavy atom. The van der Waals surface area contributed by atoms with Crippen LogP contribution >= 0.6 is 22.6 Å². The van der Waals surface area contributed by atoms with Crippen molar-refractivity contribution in [1.82, 2.24) is 0 Å². The van der Waals surface area contributed by atoms with Crippen LogP contribution in [0.5, 0.6) is 0 Å². The molecule has 0 amide bonds. The number of allylic oxidation sites excluding steroid dienone is 3. The highest BCUT2D eigenvalue weighted by atomic mass is 127. The van der Waals surface area contributed by atoms with Crippen LogP contribution in [0.4, 0.5) is 25.8 Å². The molecule has 0 saturated heterocycles. The van der Waals surface area contributed by atoms with Gasteiger partial charge >= 0.3 is 0 Å². The number of hydrogen-bond acceptors (Lipinski definition) is 4. The molecule has 0 saturated carbocycles. The van der Waals surface area contributed by atoms with Crippen molar-refractivity contribution in [2.45, 2.75) is 37.5 Å². The fourth-order valence-corrected chi connectivity index (χ4v) is 3.71. The highest BCUT2D eigenvalue weighted by molar-refractivity contribution is 14.1. The summed E-state index contributed by atoms with van der Waals surface area (Å²) in [6.45, 7) is 6.65. The van der Waals surface area contributed by atoms with Gasteiger partial charge in [-0.3, -0.25) is 9.59 Å². The van der Waals surface area contributed by atoms with E-state index in [0.717, 1.165) is 36.6 Å². The van der Waals surface area contributed by atoms with E-state index in [-0.39, 0.29) is 23.0 Å². The Morgan fingerprint density at radius 1 is 1.07 bits per heavy atom. The molecule has 7 heteroatoms. The van der Waals surface area contributed by atoms with E-state index in [1.165, 1.54) is 0 Å². The molecule has 0 aliphatic heterocycles. The van der Waals surface area contributed by atoms with Gasteiger partial charge in [-0.25, -0.2) is 8.78 Å². The summed E-state index contributed by atoms with van der Waals surface area (Å²) in [5.74, 6) is -1.29. The van der Waals surface area contributed by atoms with Crippen molar-refractivity contribution in [3.8, 4) is 0 Å². The summed E-state index contributed by atoms with van der Waals surface area (Å²) in [6.07, 6.45) is 8.22. The molecule has 0 unspecified atom stereocenters. The van der Waals surface area contributed by atoms with E-state index in [1.807, 2.05) is 6.92 Å². The van der Waals surface area contributed by atoms with Crippen LogP contribution in [0.15, 0.2) is 51.6 Å². The third kappa shape index (κ3) is 5.98. The standard InChI is InChI=1S/C22H25F2IN2O2/c1-4-6-8-18(25)13(3)14(7-5-2)12-26-19-20(22(29)21(19)28)27-17-10-15(23)9-16(24)11-17/h6-11,13,18,26-27H,4-5,12H2,1-3H3/b8-6-,14-7-/t13-,18-/m0/s1. The van der Waals surface area contributed by atoms with E-state index < -0.39 is 22.5 Å².